The monoisotopic (exact) mass is 344 g/mol. The van der Waals surface area contributed by atoms with Gasteiger partial charge in [-0.25, -0.2) is 0 Å². The number of benzene rings is 1. The Hall–Kier alpha value is -1.89. The van der Waals surface area contributed by atoms with Crippen LogP contribution in [0.5, 0.6) is 11.5 Å². The number of methoxy groups -OCH3 is 2. The van der Waals surface area contributed by atoms with E-state index in [4.69, 9.17) is 14.2 Å². The van der Waals surface area contributed by atoms with Crippen molar-refractivity contribution in [2.45, 2.75) is 6.54 Å². The Balaban J connectivity index is 1.86. The molecule has 126 valence electrons. The first-order valence-corrected chi connectivity index (χ1v) is 8.84. The van der Waals surface area contributed by atoms with Gasteiger partial charge in [-0.15, -0.1) is 11.3 Å². The molecule has 3 aromatic rings. The molecule has 0 saturated carbocycles. The molecule has 3 heterocycles. The van der Waals surface area contributed by atoms with Gasteiger partial charge in [0.25, 0.3) is 0 Å². The number of hydrogen-bond acceptors (Lipinski definition) is 6. The molecular formula is C18H20N2O3S. The molecule has 6 heteroatoms. The second-order valence-electron chi connectivity index (χ2n) is 5.81. The topological polar surface area (TPSA) is 43.8 Å². The van der Waals surface area contributed by atoms with E-state index in [1.807, 2.05) is 12.1 Å². The molecule has 5 nitrogen and oxygen atoms in total. The highest BCUT2D eigenvalue weighted by molar-refractivity contribution is 7.19. The van der Waals surface area contributed by atoms with Gasteiger partial charge in [-0.2, -0.15) is 0 Å². The van der Waals surface area contributed by atoms with E-state index in [1.165, 1.54) is 4.88 Å². The van der Waals surface area contributed by atoms with Crippen LogP contribution in [-0.4, -0.2) is 50.4 Å². The van der Waals surface area contributed by atoms with Gasteiger partial charge < -0.3 is 14.2 Å². The molecule has 1 fully saturated rings. The Morgan fingerprint density at radius 3 is 2.71 bits per heavy atom. The van der Waals surface area contributed by atoms with E-state index in [1.54, 1.807) is 31.8 Å². The number of morpholine rings is 1. The molecule has 0 bridgehead atoms. The Bertz CT molecular complexity index is 811. The van der Waals surface area contributed by atoms with E-state index in [9.17, 15) is 0 Å². The van der Waals surface area contributed by atoms with Crippen molar-refractivity contribution in [3.05, 3.63) is 29.3 Å². The normalized spacial score (nSPS) is 15.9. The Labute approximate surface area is 144 Å². The van der Waals surface area contributed by atoms with Gasteiger partial charge in [0, 0.05) is 41.5 Å². The van der Waals surface area contributed by atoms with Crippen LogP contribution < -0.4 is 9.47 Å². The zero-order valence-electron chi connectivity index (χ0n) is 13.9. The van der Waals surface area contributed by atoms with Crippen LogP contribution in [0.2, 0.25) is 0 Å². The third-order valence-corrected chi connectivity index (χ3v) is 5.51. The van der Waals surface area contributed by atoms with Crippen molar-refractivity contribution in [2.24, 2.45) is 0 Å². The largest absolute Gasteiger partial charge is 0.495 e. The molecule has 24 heavy (non-hydrogen) atoms. The number of nitrogens with zero attached hydrogens (tertiary/aromatic N) is 2. The van der Waals surface area contributed by atoms with E-state index >= 15 is 0 Å². The van der Waals surface area contributed by atoms with Crippen LogP contribution in [0.3, 0.4) is 0 Å². The molecule has 0 amide bonds. The first kappa shape index (κ1) is 15.6. The number of ether oxygens (including phenoxy) is 3. The summed E-state index contributed by atoms with van der Waals surface area (Å²) in [4.78, 5) is 8.23. The maximum atomic E-state index is 5.72. The summed E-state index contributed by atoms with van der Waals surface area (Å²) in [5.41, 5.74) is 0.847. The summed E-state index contributed by atoms with van der Waals surface area (Å²) in [6.07, 6.45) is 1.79. The predicted molar refractivity (Wildman–Crippen MR) is 96.3 cm³/mol. The SMILES string of the molecule is COc1c2cc(CN3CCOCC3)sc2c(OC)c2cccnc12. The minimum absolute atomic E-state index is 0.811. The van der Waals surface area contributed by atoms with Crippen LogP contribution in [0.15, 0.2) is 24.4 Å². The molecule has 0 spiro atoms. The summed E-state index contributed by atoms with van der Waals surface area (Å²) < 4.78 is 18.0. The van der Waals surface area contributed by atoms with Gasteiger partial charge in [-0.1, -0.05) is 0 Å². The van der Waals surface area contributed by atoms with E-state index in [0.29, 0.717) is 0 Å². The number of fused-ring (bicyclic) bond motifs is 2. The molecule has 0 radical (unpaired) electrons. The Morgan fingerprint density at radius 2 is 1.96 bits per heavy atom. The van der Waals surface area contributed by atoms with Crippen molar-refractivity contribution in [1.82, 2.24) is 9.88 Å². The third-order valence-electron chi connectivity index (χ3n) is 4.39. The van der Waals surface area contributed by atoms with E-state index in [-0.39, 0.29) is 0 Å². The zero-order valence-corrected chi connectivity index (χ0v) is 14.7. The van der Waals surface area contributed by atoms with Crippen LogP contribution in [0.25, 0.3) is 21.0 Å². The lowest BCUT2D eigenvalue weighted by Crippen LogP contribution is -2.35. The van der Waals surface area contributed by atoms with Crippen molar-refractivity contribution >= 4 is 32.3 Å². The number of pyridine rings is 1. The van der Waals surface area contributed by atoms with E-state index < -0.39 is 0 Å². The van der Waals surface area contributed by atoms with Crippen molar-refractivity contribution in [3.63, 3.8) is 0 Å². The summed E-state index contributed by atoms with van der Waals surface area (Å²) in [5.74, 6) is 1.71. The molecule has 1 aliphatic heterocycles. The van der Waals surface area contributed by atoms with Crippen LogP contribution in [-0.2, 0) is 11.3 Å². The van der Waals surface area contributed by atoms with E-state index in [2.05, 4.69) is 16.0 Å². The van der Waals surface area contributed by atoms with Crippen molar-refractivity contribution in [3.8, 4) is 11.5 Å². The number of hydrogen-bond donors (Lipinski definition) is 0. The van der Waals surface area contributed by atoms with Gasteiger partial charge in [0.05, 0.1) is 32.1 Å². The molecule has 0 N–H and O–H groups in total. The smallest absolute Gasteiger partial charge is 0.154 e. The Morgan fingerprint density at radius 1 is 1.17 bits per heavy atom. The summed E-state index contributed by atoms with van der Waals surface area (Å²) in [6, 6.07) is 6.17. The molecule has 4 rings (SSSR count). The highest BCUT2D eigenvalue weighted by Gasteiger charge is 2.20. The lowest BCUT2D eigenvalue weighted by molar-refractivity contribution is 0.0346. The average Bonchev–Trinajstić information content (AvgIpc) is 3.03. The molecule has 2 aromatic heterocycles. The maximum Gasteiger partial charge on any atom is 0.154 e. The molecule has 0 atom stereocenters. The summed E-state index contributed by atoms with van der Waals surface area (Å²) in [7, 11) is 3.42. The van der Waals surface area contributed by atoms with Crippen LogP contribution >= 0.6 is 11.3 Å². The fourth-order valence-corrected chi connectivity index (χ4v) is 4.50. The van der Waals surface area contributed by atoms with Crippen LogP contribution in [0.4, 0.5) is 0 Å². The fraction of sp³-hybridized carbons (Fsp3) is 0.389. The molecule has 1 saturated heterocycles. The molecular weight excluding hydrogens is 324 g/mol. The van der Waals surface area contributed by atoms with Crippen molar-refractivity contribution in [1.29, 1.82) is 0 Å². The third kappa shape index (κ3) is 2.60. The molecule has 1 aromatic carbocycles. The van der Waals surface area contributed by atoms with E-state index in [0.717, 1.165) is 65.3 Å². The average molecular weight is 344 g/mol. The minimum atomic E-state index is 0.811. The first-order valence-electron chi connectivity index (χ1n) is 8.03. The number of rotatable bonds is 4. The second kappa shape index (κ2) is 6.55. The Kier molecular flexibility index (Phi) is 4.26. The first-order chi connectivity index (χ1) is 11.8. The van der Waals surface area contributed by atoms with Gasteiger partial charge in [-0.05, 0) is 18.2 Å². The summed E-state index contributed by atoms with van der Waals surface area (Å²) in [5, 5.41) is 2.07. The van der Waals surface area contributed by atoms with Crippen molar-refractivity contribution < 1.29 is 14.2 Å². The number of aromatic nitrogens is 1. The van der Waals surface area contributed by atoms with Gasteiger partial charge in [0.1, 0.15) is 11.3 Å². The molecule has 1 aliphatic rings. The second-order valence-corrected chi connectivity index (χ2v) is 6.95. The fourth-order valence-electron chi connectivity index (χ4n) is 3.27. The lowest BCUT2D eigenvalue weighted by atomic mass is 10.1. The maximum absolute atomic E-state index is 5.72. The van der Waals surface area contributed by atoms with Gasteiger partial charge >= 0.3 is 0 Å². The highest BCUT2D eigenvalue weighted by Crippen LogP contribution is 2.45. The predicted octanol–water partition coefficient (Wildman–Crippen LogP) is 3.30. The van der Waals surface area contributed by atoms with Gasteiger partial charge in [0.15, 0.2) is 5.75 Å². The highest BCUT2D eigenvalue weighted by atomic mass is 32.1. The standard InChI is InChI=1S/C18H20N2O3S/c1-21-16-14-10-12(11-20-6-8-23-9-7-20)24-18(14)17(22-2)13-4-3-5-19-15(13)16/h3-5,10H,6-9,11H2,1-2H3. The summed E-state index contributed by atoms with van der Waals surface area (Å²) in [6.45, 7) is 4.51. The quantitative estimate of drug-likeness (QED) is 0.727. The van der Waals surface area contributed by atoms with Gasteiger partial charge in [-0.3, -0.25) is 9.88 Å². The van der Waals surface area contributed by atoms with Crippen LogP contribution in [0, 0.1) is 0 Å². The van der Waals surface area contributed by atoms with Gasteiger partial charge in [0.2, 0.25) is 0 Å². The van der Waals surface area contributed by atoms with Crippen LogP contribution in [0.1, 0.15) is 4.88 Å². The lowest BCUT2D eigenvalue weighted by Gasteiger charge is -2.25. The molecule has 0 aliphatic carbocycles. The van der Waals surface area contributed by atoms with Crippen molar-refractivity contribution in [2.75, 3.05) is 40.5 Å². The number of thiophene rings is 1. The minimum Gasteiger partial charge on any atom is -0.495 e. The molecule has 0 unspecified atom stereocenters. The summed E-state index contributed by atoms with van der Waals surface area (Å²) >= 11 is 1.77. The zero-order chi connectivity index (χ0) is 16.5.